The molecule has 0 unspecified atom stereocenters. The number of benzene rings is 1. The van der Waals surface area contributed by atoms with Crippen LogP contribution in [0.25, 0.3) is 0 Å². The lowest BCUT2D eigenvalue weighted by Gasteiger charge is -2.34. The second-order valence-electron chi connectivity index (χ2n) is 5.49. The highest BCUT2D eigenvalue weighted by atomic mass is 16.5. The van der Waals surface area contributed by atoms with Crippen LogP contribution in [0.2, 0.25) is 0 Å². The summed E-state index contributed by atoms with van der Waals surface area (Å²) in [6.07, 6.45) is 1.80. The normalized spacial score (nSPS) is 15.5. The molecule has 1 saturated heterocycles. The number of ether oxygens (including phenoxy) is 1. The Kier molecular flexibility index (Phi) is 4.92. The molecular weight excluding hydrogens is 290 g/mol. The highest BCUT2D eigenvalue weighted by Crippen LogP contribution is 2.26. The van der Waals surface area contributed by atoms with Crippen LogP contribution in [0.15, 0.2) is 36.5 Å². The van der Waals surface area contributed by atoms with Crippen molar-refractivity contribution < 1.29 is 4.74 Å². The van der Waals surface area contributed by atoms with E-state index in [1.807, 2.05) is 30.3 Å². The molecule has 6 heteroatoms. The van der Waals surface area contributed by atoms with Crippen molar-refractivity contribution in [3.63, 3.8) is 0 Å². The predicted octanol–water partition coefficient (Wildman–Crippen LogP) is 2.37. The number of anilines is 3. The Labute approximate surface area is 137 Å². The monoisotopic (exact) mass is 313 g/mol. The smallest absolute Gasteiger partial charge is 0.229 e. The molecule has 23 heavy (non-hydrogen) atoms. The van der Waals surface area contributed by atoms with Gasteiger partial charge in [0.2, 0.25) is 5.95 Å². The molecule has 1 aliphatic rings. The van der Waals surface area contributed by atoms with Gasteiger partial charge in [-0.3, -0.25) is 0 Å². The Hall–Kier alpha value is -2.34. The fourth-order valence-corrected chi connectivity index (χ4v) is 2.75. The summed E-state index contributed by atoms with van der Waals surface area (Å²) in [7, 11) is 1.66. The highest BCUT2D eigenvalue weighted by Gasteiger charge is 2.17. The summed E-state index contributed by atoms with van der Waals surface area (Å²) in [6, 6.07) is 9.73. The zero-order valence-corrected chi connectivity index (χ0v) is 13.7. The van der Waals surface area contributed by atoms with Gasteiger partial charge in [0.15, 0.2) is 0 Å². The number of aromatic nitrogens is 2. The van der Waals surface area contributed by atoms with E-state index in [-0.39, 0.29) is 0 Å². The van der Waals surface area contributed by atoms with Crippen LogP contribution in [0.5, 0.6) is 5.75 Å². The summed E-state index contributed by atoms with van der Waals surface area (Å²) in [5, 5.41) is 3.24. The van der Waals surface area contributed by atoms with E-state index in [2.05, 4.69) is 32.0 Å². The van der Waals surface area contributed by atoms with Crippen LogP contribution in [0, 0.1) is 0 Å². The van der Waals surface area contributed by atoms with Crippen molar-refractivity contribution in [2.45, 2.75) is 6.92 Å². The lowest BCUT2D eigenvalue weighted by Crippen LogP contribution is -2.46. The van der Waals surface area contributed by atoms with E-state index in [9.17, 15) is 0 Å². The molecule has 1 aliphatic heterocycles. The lowest BCUT2D eigenvalue weighted by atomic mass is 10.3. The SMILES string of the molecule is CCN1CCN(c2ccnc(Nc3ccccc3OC)n2)CC1. The molecule has 1 N–H and O–H groups in total. The van der Waals surface area contributed by atoms with E-state index >= 15 is 0 Å². The zero-order chi connectivity index (χ0) is 16.1. The molecule has 0 aliphatic carbocycles. The molecular formula is C17H23N5O. The average Bonchev–Trinajstić information content (AvgIpc) is 2.62. The van der Waals surface area contributed by atoms with Crippen LogP contribution in [0.4, 0.5) is 17.5 Å². The molecule has 0 saturated carbocycles. The number of nitrogens with zero attached hydrogens (tertiary/aromatic N) is 4. The van der Waals surface area contributed by atoms with Crippen LogP contribution < -0.4 is 15.0 Å². The maximum absolute atomic E-state index is 5.35. The Morgan fingerprint density at radius 3 is 2.65 bits per heavy atom. The second-order valence-corrected chi connectivity index (χ2v) is 5.49. The van der Waals surface area contributed by atoms with Gasteiger partial charge in [0, 0.05) is 32.4 Å². The molecule has 0 amide bonds. The molecule has 2 aromatic rings. The molecule has 0 bridgehead atoms. The van der Waals surface area contributed by atoms with Crippen molar-refractivity contribution in [1.82, 2.24) is 14.9 Å². The Morgan fingerprint density at radius 2 is 1.91 bits per heavy atom. The number of para-hydroxylation sites is 2. The minimum atomic E-state index is 0.588. The highest BCUT2D eigenvalue weighted by molar-refractivity contribution is 5.63. The van der Waals surface area contributed by atoms with Gasteiger partial charge in [0.05, 0.1) is 12.8 Å². The Morgan fingerprint density at radius 1 is 1.13 bits per heavy atom. The molecule has 0 atom stereocenters. The molecule has 0 spiro atoms. The maximum atomic E-state index is 5.35. The summed E-state index contributed by atoms with van der Waals surface area (Å²) in [6.45, 7) is 7.47. The quantitative estimate of drug-likeness (QED) is 0.914. The minimum absolute atomic E-state index is 0.588. The van der Waals surface area contributed by atoms with Crippen molar-refractivity contribution in [2.24, 2.45) is 0 Å². The standard InChI is InChI=1S/C17H23N5O/c1-3-21-10-12-22(13-11-21)16-8-9-18-17(20-16)19-14-6-4-5-7-15(14)23-2/h4-9H,3,10-13H2,1-2H3,(H,18,19,20). The van der Waals surface area contributed by atoms with E-state index in [1.54, 1.807) is 13.3 Å². The first-order valence-electron chi connectivity index (χ1n) is 8.00. The molecule has 1 aromatic carbocycles. The summed E-state index contributed by atoms with van der Waals surface area (Å²) in [4.78, 5) is 13.7. The third-order valence-corrected chi connectivity index (χ3v) is 4.14. The first-order chi connectivity index (χ1) is 11.3. The van der Waals surface area contributed by atoms with E-state index in [0.29, 0.717) is 5.95 Å². The number of hydrogen-bond acceptors (Lipinski definition) is 6. The van der Waals surface area contributed by atoms with Crippen molar-refractivity contribution >= 4 is 17.5 Å². The molecule has 6 nitrogen and oxygen atoms in total. The second kappa shape index (κ2) is 7.28. The first kappa shape index (κ1) is 15.6. The number of hydrogen-bond donors (Lipinski definition) is 1. The largest absolute Gasteiger partial charge is 0.495 e. The molecule has 122 valence electrons. The molecule has 3 rings (SSSR count). The van der Waals surface area contributed by atoms with Gasteiger partial charge in [-0.15, -0.1) is 0 Å². The number of likely N-dealkylation sites (N-methyl/N-ethyl adjacent to an activating group) is 1. The molecule has 2 heterocycles. The number of methoxy groups -OCH3 is 1. The summed E-state index contributed by atoms with van der Waals surface area (Å²) < 4.78 is 5.35. The van der Waals surface area contributed by atoms with Gasteiger partial charge < -0.3 is 19.9 Å². The van der Waals surface area contributed by atoms with Gasteiger partial charge in [-0.1, -0.05) is 19.1 Å². The van der Waals surface area contributed by atoms with Crippen LogP contribution in [0.1, 0.15) is 6.92 Å². The van der Waals surface area contributed by atoms with Crippen LogP contribution in [-0.2, 0) is 0 Å². The maximum Gasteiger partial charge on any atom is 0.229 e. The average molecular weight is 313 g/mol. The molecule has 1 aromatic heterocycles. The summed E-state index contributed by atoms with van der Waals surface area (Å²) in [5.74, 6) is 2.33. The fraction of sp³-hybridized carbons (Fsp3) is 0.412. The predicted molar refractivity (Wildman–Crippen MR) is 92.6 cm³/mol. The summed E-state index contributed by atoms with van der Waals surface area (Å²) in [5.41, 5.74) is 0.864. The van der Waals surface area contributed by atoms with Crippen molar-refractivity contribution in [3.05, 3.63) is 36.5 Å². The molecule has 0 radical (unpaired) electrons. The summed E-state index contributed by atoms with van der Waals surface area (Å²) >= 11 is 0. The molecule has 1 fully saturated rings. The third-order valence-electron chi connectivity index (χ3n) is 4.14. The van der Waals surface area contributed by atoms with Gasteiger partial charge in [-0.2, -0.15) is 4.98 Å². The van der Waals surface area contributed by atoms with E-state index in [0.717, 1.165) is 50.0 Å². The van der Waals surface area contributed by atoms with E-state index < -0.39 is 0 Å². The minimum Gasteiger partial charge on any atom is -0.495 e. The van der Waals surface area contributed by atoms with Crippen LogP contribution in [-0.4, -0.2) is 54.7 Å². The fourth-order valence-electron chi connectivity index (χ4n) is 2.75. The van der Waals surface area contributed by atoms with Crippen molar-refractivity contribution in [2.75, 3.05) is 50.1 Å². The van der Waals surface area contributed by atoms with Gasteiger partial charge in [-0.05, 0) is 24.7 Å². The van der Waals surface area contributed by atoms with Crippen molar-refractivity contribution in [1.29, 1.82) is 0 Å². The van der Waals surface area contributed by atoms with Crippen LogP contribution >= 0.6 is 0 Å². The lowest BCUT2D eigenvalue weighted by molar-refractivity contribution is 0.270. The number of nitrogens with one attached hydrogen (secondary N) is 1. The van der Waals surface area contributed by atoms with Gasteiger partial charge in [0.1, 0.15) is 11.6 Å². The zero-order valence-electron chi connectivity index (χ0n) is 13.7. The number of rotatable bonds is 5. The van der Waals surface area contributed by atoms with Gasteiger partial charge in [0.25, 0.3) is 0 Å². The first-order valence-corrected chi connectivity index (χ1v) is 8.00. The van der Waals surface area contributed by atoms with Crippen LogP contribution in [0.3, 0.4) is 0 Å². The Balaban J connectivity index is 1.73. The topological polar surface area (TPSA) is 53.5 Å². The Bertz CT molecular complexity index is 640. The number of piperazine rings is 1. The third kappa shape index (κ3) is 3.71. The van der Waals surface area contributed by atoms with Gasteiger partial charge >= 0.3 is 0 Å². The van der Waals surface area contributed by atoms with Crippen molar-refractivity contribution in [3.8, 4) is 5.75 Å². The van der Waals surface area contributed by atoms with Gasteiger partial charge in [-0.25, -0.2) is 4.98 Å². The van der Waals surface area contributed by atoms with E-state index in [4.69, 9.17) is 4.74 Å². The van der Waals surface area contributed by atoms with E-state index in [1.165, 1.54) is 0 Å².